The molecule has 0 fully saturated rings. The monoisotopic (exact) mass is 577 g/mol. The van der Waals surface area contributed by atoms with Crippen LogP contribution in [0.2, 0.25) is 5.02 Å². The first-order valence-electron chi connectivity index (χ1n) is 12.0. The van der Waals surface area contributed by atoms with Crippen molar-refractivity contribution in [3.8, 4) is 16.9 Å². The number of aliphatic hydroxyl groups is 1. The summed E-state index contributed by atoms with van der Waals surface area (Å²) in [6.07, 6.45) is -3.73. The molecule has 6 nitrogen and oxygen atoms in total. The Balaban J connectivity index is 1.76. The molecule has 4 rings (SSSR count). The first-order chi connectivity index (χ1) is 18.8. The number of hydrogen-bond acceptors (Lipinski definition) is 5. The van der Waals surface area contributed by atoms with E-state index in [1.165, 1.54) is 54.3 Å². The first-order valence-corrected chi connectivity index (χ1v) is 12.4. The van der Waals surface area contributed by atoms with Crippen molar-refractivity contribution < 1.29 is 41.7 Å². The molecule has 0 aromatic heterocycles. The van der Waals surface area contributed by atoms with Crippen LogP contribution < -0.4 is 9.64 Å². The number of anilines is 1. The highest BCUT2D eigenvalue weighted by Crippen LogP contribution is 2.51. The largest absolute Gasteiger partial charge is 0.482 e. The van der Waals surface area contributed by atoms with Crippen molar-refractivity contribution in [1.82, 2.24) is 0 Å². The summed E-state index contributed by atoms with van der Waals surface area (Å²) < 4.78 is 68.2. The lowest BCUT2D eigenvalue weighted by atomic mass is 9.77. The Morgan fingerprint density at radius 1 is 1.18 bits per heavy atom. The molecule has 210 valence electrons. The summed E-state index contributed by atoms with van der Waals surface area (Å²) in [5.41, 5.74) is -3.47. The van der Waals surface area contributed by atoms with Crippen molar-refractivity contribution in [3.63, 3.8) is 0 Å². The number of ether oxygens (including phenoxy) is 2. The molecule has 3 aromatic rings. The van der Waals surface area contributed by atoms with Gasteiger partial charge in [-0.25, -0.2) is 9.18 Å². The lowest BCUT2D eigenvalue weighted by molar-refractivity contribution is -0.274. The third-order valence-corrected chi connectivity index (χ3v) is 7.21. The van der Waals surface area contributed by atoms with Crippen LogP contribution in [0.15, 0.2) is 67.3 Å². The molecule has 1 N–H and O–H groups in total. The maximum atomic E-state index is 14.6. The van der Waals surface area contributed by atoms with Crippen LogP contribution in [0.1, 0.15) is 34.3 Å². The number of rotatable bonds is 7. The van der Waals surface area contributed by atoms with Gasteiger partial charge in [-0.05, 0) is 52.6 Å². The number of carbonyl (C=O) groups excluding carboxylic acids is 2. The number of halogens is 5. The average Bonchev–Trinajstić information content (AvgIpc) is 2.92. The molecule has 0 saturated carbocycles. The summed E-state index contributed by atoms with van der Waals surface area (Å²) in [4.78, 5) is 25.2. The number of fused-ring (bicyclic) bond motifs is 1. The summed E-state index contributed by atoms with van der Waals surface area (Å²) in [5.74, 6) is -3.59. The first kappa shape index (κ1) is 29.1. The zero-order valence-electron chi connectivity index (χ0n) is 21.4. The Hall–Kier alpha value is -3.89. The zero-order valence-corrected chi connectivity index (χ0v) is 22.1. The molecule has 1 aliphatic heterocycles. The number of hydrogen-bond donors (Lipinski definition) is 1. The predicted molar refractivity (Wildman–Crippen MR) is 141 cm³/mol. The minimum atomic E-state index is -5.15. The van der Waals surface area contributed by atoms with Crippen molar-refractivity contribution in [2.24, 2.45) is 0 Å². The van der Waals surface area contributed by atoms with Gasteiger partial charge in [-0.15, -0.1) is 6.58 Å². The molecular formula is C29H24ClF4NO5. The van der Waals surface area contributed by atoms with Crippen LogP contribution >= 0.6 is 11.6 Å². The number of esters is 1. The van der Waals surface area contributed by atoms with Crippen molar-refractivity contribution in [2.75, 3.05) is 25.2 Å². The molecule has 0 spiro atoms. The Labute approximate surface area is 232 Å². The highest BCUT2D eigenvalue weighted by atomic mass is 35.5. The van der Waals surface area contributed by atoms with Crippen LogP contribution in [-0.2, 0) is 15.1 Å². The molecule has 0 aliphatic carbocycles. The van der Waals surface area contributed by atoms with Gasteiger partial charge in [0.1, 0.15) is 11.6 Å². The van der Waals surface area contributed by atoms with E-state index >= 15 is 0 Å². The molecule has 1 aliphatic rings. The number of carbonyl (C=O) groups is 2. The SMILES string of the molecule is C=CCN1C(=O)COc2ccc([C@](O)([C@H](C)c3ccc(-c4ccc(C(=O)OC)c(F)c4)cc3Cl)C(F)(F)F)cc21. The molecule has 0 radical (unpaired) electrons. The standard InChI is InChI=1S/C29H24ClF4NO5/c1-4-11-35-24-14-19(7-10-25(24)40-15-26(35)36)28(38,29(32,33)34)16(2)20-8-5-17(12-22(20)30)18-6-9-21(23(31)13-18)27(37)39-3/h4-10,12-14,16,38H,1,11,15H2,2-3H3/t16-,28-/m1/s1. The van der Waals surface area contributed by atoms with E-state index in [0.717, 1.165) is 25.3 Å². The van der Waals surface area contributed by atoms with Gasteiger partial charge in [0.15, 0.2) is 12.2 Å². The number of benzene rings is 3. The fraction of sp³-hybridized carbons (Fsp3) is 0.241. The Morgan fingerprint density at radius 2 is 1.85 bits per heavy atom. The van der Waals surface area contributed by atoms with Gasteiger partial charge in [0, 0.05) is 17.5 Å². The highest BCUT2D eigenvalue weighted by molar-refractivity contribution is 6.31. The van der Waals surface area contributed by atoms with Gasteiger partial charge in [0.05, 0.1) is 18.4 Å². The fourth-order valence-corrected chi connectivity index (χ4v) is 5.02. The number of amides is 1. The van der Waals surface area contributed by atoms with Gasteiger partial charge in [-0.3, -0.25) is 4.79 Å². The molecule has 0 saturated heterocycles. The van der Waals surface area contributed by atoms with Gasteiger partial charge in [-0.1, -0.05) is 48.9 Å². The third kappa shape index (κ3) is 5.04. The van der Waals surface area contributed by atoms with E-state index in [1.807, 2.05) is 0 Å². The molecule has 0 bridgehead atoms. The van der Waals surface area contributed by atoms with E-state index in [2.05, 4.69) is 11.3 Å². The number of nitrogens with zero attached hydrogens (tertiary/aromatic N) is 1. The average molecular weight is 578 g/mol. The van der Waals surface area contributed by atoms with Crippen LogP contribution in [0.25, 0.3) is 11.1 Å². The topological polar surface area (TPSA) is 76.1 Å². The third-order valence-electron chi connectivity index (χ3n) is 6.89. The van der Waals surface area contributed by atoms with E-state index in [-0.39, 0.29) is 40.7 Å². The molecule has 3 aromatic carbocycles. The van der Waals surface area contributed by atoms with Crippen molar-refractivity contribution in [3.05, 3.63) is 94.8 Å². The zero-order chi connectivity index (χ0) is 29.4. The lowest BCUT2D eigenvalue weighted by Gasteiger charge is -2.38. The van der Waals surface area contributed by atoms with Crippen LogP contribution in [0.4, 0.5) is 23.2 Å². The normalized spacial score (nSPS) is 15.5. The molecule has 1 amide bonds. The summed E-state index contributed by atoms with van der Waals surface area (Å²) in [6.45, 7) is 4.52. The highest BCUT2D eigenvalue weighted by Gasteiger charge is 2.59. The fourth-order valence-electron chi connectivity index (χ4n) is 4.68. The van der Waals surface area contributed by atoms with Gasteiger partial charge in [0.2, 0.25) is 0 Å². The second-order valence-corrected chi connectivity index (χ2v) is 9.58. The molecule has 11 heteroatoms. The quantitative estimate of drug-likeness (QED) is 0.200. The summed E-state index contributed by atoms with van der Waals surface area (Å²) in [6, 6.07) is 11.3. The minimum Gasteiger partial charge on any atom is -0.482 e. The molecule has 1 heterocycles. The van der Waals surface area contributed by atoms with Crippen LogP contribution in [0.5, 0.6) is 5.75 Å². The van der Waals surface area contributed by atoms with Gasteiger partial charge in [-0.2, -0.15) is 13.2 Å². The molecule has 0 unspecified atom stereocenters. The predicted octanol–water partition coefficient (Wildman–Crippen LogP) is 6.40. The van der Waals surface area contributed by atoms with Gasteiger partial charge in [0.25, 0.3) is 5.91 Å². The summed E-state index contributed by atoms with van der Waals surface area (Å²) in [7, 11) is 1.12. The maximum Gasteiger partial charge on any atom is 0.422 e. The smallest absolute Gasteiger partial charge is 0.422 e. The van der Waals surface area contributed by atoms with Crippen molar-refractivity contribution in [1.29, 1.82) is 0 Å². The minimum absolute atomic E-state index is 0.0233. The van der Waals surface area contributed by atoms with Gasteiger partial charge < -0.3 is 19.5 Å². The van der Waals surface area contributed by atoms with Crippen LogP contribution in [-0.4, -0.2) is 43.4 Å². The van der Waals surface area contributed by atoms with Gasteiger partial charge >= 0.3 is 12.1 Å². The second kappa shape index (κ2) is 10.9. The molecular weight excluding hydrogens is 554 g/mol. The number of alkyl halides is 3. The van der Waals surface area contributed by atoms with Crippen molar-refractivity contribution >= 4 is 29.2 Å². The molecule has 2 atom stereocenters. The van der Waals surface area contributed by atoms with E-state index in [4.69, 9.17) is 16.3 Å². The van der Waals surface area contributed by atoms with Crippen LogP contribution in [0, 0.1) is 5.82 Å². The Bertz CT molecular complexity index is 1490. The van der Waals surface area contributed by atoms with E-state index in [0.29, 0.717) is 11.1 Å². The lowest BCUT2D eigenvalue weighted by Crippen LogP contribution is -2.47. The second-order valence-electron chi connectivity index (χ2n) is 9.17. The van der Waals surface area contributed by atoms with Crippen molar-refractivity contribution in [2.45, 2.75) is 24.6 Å². The van der Waals surface area contributed by atoms with E-state index < -0.39 is 41.0 Å². The number of methoxy groups -OCH3 is 1. The van der Waals surface area contributed by atoms with E-state index in [9.17, 15) is 32.3 Å². The molecule has 40 heavy (non-hydrogen) atoms. The Morgan fingerprint density at radius 3 is 2.45 bits per heavy atom. The van der Waals surface area contributed by atoms with E-state index in [1.54, 1.807) is 0 Å². The van der Waals surface area contributed by atoms with Crippen LogP contribution in [0.3, 0.4) is 0 Å². The summed E-state index contributed by atoms with van der Waals surface area (Å²) >= 11 is 6.43. The Kier molecular flexibility index (Phi) is 7.96. The summed E-state index contributed by atoms with van der Waals surface area (Å²) in [5, 5.41) is 11.2. The maximum absolute atomic E-state index is 14.6.